The maximum atomic E-state index is 12.9. The van der Waals surface area contributed by atoms with Gasteiger partial charge in [-0.05, 0) is 74.8 Å². The molecule has 2 unspecified atom stereocenters. The van der Waals surface area contributed by atoms with E-state index < -0.39 is 5.60 Å². The third-order valence-corrected chi connectivity index (χ3v) is 6.85. The first-order valence-electron chi connectivity index (χ1n) is 9.20. The Labute approximate surface area is 147 Å². The van der Waals surface area contributed by atoms with E-state index in [9.17, 15) is 9.90 Å². The molecule has 2 N–H and O–H groups in total. The van der Waals surface area contributed by atoms with E-state index in [2.05, 4.69) is 10.3 Å². The first kappa shape index (κ1) is 15.2. The van der Waals surface area contributed by atoms with Crippen LogP contribution in [0.15, 0.2) is 12.1 Å². The van der Waals surface area contributed by atoms with Gasteiger partial charge in [-0.25, -0.2) is 4.98 Å². The summed E-state index contributed by atoms with van der Waals surface area (Å²) in [5.74, 6) is 1.89. The molecule has 0 saturated heterocycles. The molecule has 1 aromatic heterocycles. The maximum Gasteiger partial charge on any atom is 0.253 e. The Morgan fingerprint density at radius 2 is 1.92 bits per heavy atom. The van der Waals surface area contributed by atoms with E-state index >= 15 is 0 Å². The number of nitrogens with zero attached hydrogens (tertiary/aromatic N) is 1. The van der Waals surface area contributed by atoms with E-state index in [1.54, 1.807) is 6.07 Å². The van der Waals surface area contributed by atoms with Crippen LogP contribution < -0.4 is 5.32 Å². The monoisotopic (exact) mass is 346 g/mol. The topological polar surface area (TPSA) is 62.2 Å². The van der Waals surface area contributed by atoms with Crippen molar-refractivity contribution in [1.29, 1.82) is 0 Å². The highest BCUT2D eigenvalue weighted by molar-refractivity contribution is 6.29. The van der Waals surface area contributed by atoms with Gasteiger partial charge < -0.3 is 10.4 Å². The van der Waals surface area contributed by atoms with E-state index in [1.165, 1.54) is 0 Å². The van der Waals surface area contributed by atoms with Crippen molar-refractivity contribution in [3.63, 3.8) is 0 Å². The predicted molar refractivity (Wildman–Crippen MR) is 91.0 cm³/mol. The summed E-state index contributed by atoms with van der Waals surface area (Å²) in [6.07, 6.45) is 7.15. The van der Waals surface area contributed by atoms with Gasteiger partial charge in [0.1, 0.15) is 5.15 Å². The van der Waals surface area contributed by atoms with Crippen LogP contribution in [0.4, 0.5) is 0 Å². The average Bonchev–Trinajstić information content (AvgIpc) is 3.33. The van der Waals surface area contributed by atoms with Crippen molar-refractivity contribution in [1.82, 2.24) is 10.3 Å². The summed E-state index contributed by atoms with van der Waals surface area (Å²) < 4.78 is 0. The van der Waals surface area contributed by atoms with Crippen molar-refractivity contribution in [2.45, 2.75) is 62.5 Å². The van der Waals surface area contributed by atoms with Crippen LogP contribution in [-0.2, 0) is 0 Å². The first-order chi connectivity index (χ1) is 11.5. The summed E-state index contributed by atoms with van der Waals surface area (Å²) in [6, 6.07) is 3.74. The summed E-state index contributed by atoms with van der Waals surface area (Å²) in [5.41, 5.74) is 1.09. The second-order valence-electron chi connectivity index (χ2n) is 8.53. The van der Waals surface area contributed by atoms with Gasteiger partial charge in [0.15, 0.2) is 0 Å². The number of pyridine rings is 1. The van der Waals surface area contributed by atoms with Crippen molar-refractivity contribution < 1.29 is 9.90 Å². The Hall–Kier alpha value is -1.13. The molecule has 4 nitrogen and oxygen atoms in total. The number of halogens is 1. The molecule has 0 aliphatic heterocycles. The van der Waals surface area contributed by atoms with Crippen molar-refractivity contribution in [2.75, 3.05) is 0 Å². The minimum atomic E-state index is -0.460. The second-order valence-corrected chi connectivity index (χ2v) is 8.92. The Kier molecular flexibility index (Phi) is 3.27. The molecular weight excluding hydrogens is 324 g/mol. The maximum absolute atomic E-state index is 12.9. The third-order valence-electron chi connectivity index (χ3n) is 6.64. The zero-order valence-electron chi connectivity index (χ0n) is 13.7. The molecule has 5 saturated carbocycles. The van der Waals surface area contributed by atoms with Gasteiger partial charge in [-0.2, -0.15) is 0 Å². The highest BCUT2D eigenvalue weighted by Crippen LogP contribution is 2.55. The lowest BCUT2D eigenvalue weighted by molar-refractivity contribution is -0.136. The number of nitrogens with one attached hydrogen (secondary N) is 1. The number of aromatic nitrogens is 1. The molecule has 5 heteroatoms. The summed E-state index contributed by atoms with van der Waals surface area (Å²) >= 11 is 6.03. The Morgan fingerprint density at radius 1 is 1.21 bits per heavy atom. The van der Waals surface area contributed by atoms with Gasteiger partial charge in [0, 0.05) is 12.0 Å². The molecule has 0 aromatic carbocycles. The van der Waals surface area contributed by atoms with Crippen LogP contribution in [0.5, 0.6) is 0 Å². The van der Waals surface area contributed by atoms with Gasteiger partial charge in [0.2, 0.25) is 0 Å². The largest absolute Gasteiger partial charge is 0.390 e. The van der Waals surface area contributed by atoms with E-state index in [0.717, 1.165) is 50.6 Å². The van der Waals surface area contributed by atoms with Crippen LogP contribution in [0.3, 0.4) is 0 Å². The lowest BCUT2D eigenvalue weighted by Crippen LogP contribution is -2.61. The van der Waals surface area contributed by atoms with Crippen LogP contribution in [0, 0.1) is 17.8 Å². The van der Waals surface area contributed by atoms with Crippen molar-refractivity contribution in [3.05, 3.63) is 28.5 Å². The van der Waals surface area contributed by atoms with E-state index in [4.69, 9.17) is 11.6 Å². The van der Waals surface area contributed by atoms with Gasteiger partial charge in [-0.1, -0.05) is 11.6 Å². The SMILES string of the molecule is O=C(N[C@H]1C2CC3CC1C[C@@](O)(C3)C2)c1ccc(Cl)nc1C1CC1. The Morgan fingerprint density at radius 3 is 2.54 bits per heavy atom. The van der Waals surface area contributed by atoms with Crippen LogP contribution >= 0.6 is 11.6 Å². The predicted octanol–water partition coefficient (Wildman–Crippen LogP) is 3.28. The number of rotatable bonds is 3. The lowest BCUT2D eigenvalue weighted by Gasteiger charge is -2.58. The zero-order chi connectivity index (χ0) is 16.5. The molecule has 24 heavy (non-hydrogen) atoms. The van der Waals surface area contributed by atoms with E-state index in [-0.39, 0.29) is 11.9 Å². The van der Waals surface area contributed by atoms with Crippen LogP contribution in [-0.4, -0.2) is 27.6 Å². The minimum absolute atomic E-state index is 0.00877. The number of hydrogen-bond donors (Lipinski definition) is 2. The van der Waals surface area contributed by atoms with Crippen LogP contribution in [0.2, 0.25) is 5.15 Å². The van der Waals surface area contributed by atoms with Crippen LogP contribution in [0.25, 0.3) is 0 Å². The minimum Gasteiger partial charge on any atom is -0.390 e. The van der Waals surface area contributed by atoms with Crippen molar-refractivity contribution in [2.24, 2.45) is 17.8 Å². The summed E-state index contributed by atoms with van der Waals surface area (Å²) in [5, 5.41) is 14.5. The fraction of sp³-hybridized carbons (Fsp3) is 0.684. The molecule has 4 bridgehead atoms. The molecule has 1 aromatic rings. The van der Waals surface area contributed by atoms with Crippen molar-refractivity contribution in [3.8, 4) is 0 Å². The van der Waals surface area contributed by atoms with Crippen LogP contribution in [0.1, 0.15) is 66.9 Å². The summed E-state index contributed by atoms with van der Waals surface area (Å²) in [7, 11) is 0. The van der Waals surface area contributed by atoms with Gasteiger partial charge in [0.25, 0.3) is 5.91 Å². The number of aliphatic hydroxyl groups is 1. The molecule has 5 aliphatic rings. The summed E-state index contributed by atoms with van der Waals surface area (Å²) in [4.78, 5) is 17.3. The second kappa shape index (κ2) is 5.18. The molecule has 1 amide bonds. The van der Waals surface area contributed by atoms with Crippen molar-refractivity contribution >= 4 is 17.5 Å². The lowest BCUT2D eigenvalue weighted by atomic mass is 9.52. The highest BCUT2D eigenvalue weighted by Gasteiger charge is 2.55. The van der Waals surface area contributed by atoms with E-state index in [1.807, 2.05) is 6.07 Å². The molecule has 1 heterocycles. The Balaban J connectivity index is 1.38. The fourth-order valence-electron chi connectivity index (χ4n) is 5.76. The molecule has 0 spiro atoms. The summed E-state index contributed by atoms with van der Waals surface area (Å²) in [6.45, 7) is 0. The average molecular weight is 347 g/mol. The zero-order valence-corrected chi connectivity index (χ0v) is 14.4. The number of hydrogen-bond acceptors (Lipinski definition) is 3. The fourth-order valence-corrected chi connectivity index (χ4v) is 5.91. The van der Waals surface area contributed by atoms with Gasteiger partial charge in [0.05, 0.1) is 16.9 Å². The molecule has 5 aliphatic carbocycles. The Bertz CT molecular complexity index is 687. The quantitative estimate of drug-likeness (QED) is 0.825. The van der Waals surface area contributed by atoms with Gasteiger partial charge >= 0.3 is 0 Å². The molecule has 128 valence electrons. The third kappa shape index (κ3) is 2.46. The molecule has 5 fully saturated rings. The smallest absolute Gasteiger partial charge is 0.253 e. The van der Waals surface area contributed by atoms with Gasteiger partial charge in [-0.15, -0.1) is 0 Å². The van der Waals surface area contributed by atoms with E-state index in [0.29, 0.717) is 34.4 Å². The van der Waals surface area contributed by atoms with Gasteiger partial charge in [-0.3, -0.25) is 4.79 Å². The normalized spacial score (nSPS) is 39.9. The number of carbonyl (C=O) groups excluding carboxylic acids is 1. The standard InChI is InChI=1S/C19H23ClN2O2/c20-15-4-3-14(17(21-15)11-1-2-11)18(23)22-16-12-5-10-6-13(16)9-19(24,7-10)8-12/h3-4,10-13,16,24H,1-2,5-9H2,(H,22,23)/t10?,12?,13?,16-,19+. The molecule has 2 atom stereocenters. The number of carbonyl (C=O) groups is 1. The first-order valence-corrected chi connectivity index (χ1v) is 9.58. The molecular formula is C19H23ClN2O2. The molecule has 0 radical (unpaired) electrons. The number of amides is 1. The molecule has 6 rings (SSSR count). The highest BCUT2D eigenvalue weighted by atomic mass is 35.5.